The molecule has 8 nitrogen and oxygen atoms in total. The second kappa shape index (κ2) is 5.14. The van der Waals surface area contributed by atoms with Crippen LogP contribution in [-0.2, 0) is 0 Å². The monoisotopic (exact) mass is 299 g/mol. The van der Waals surface area contributed by atoms with Gasteiger partial charge in [0.2, 0.25) is 11.7 Å². The molecule has 0 aromatic carbocycles. The van der Waals surface area contributed by atoms with Crippen LogP contribution in [0.25, 0.3) is 11.5 Å². The first-order valence-corrected chi connectivity index (χ1v) is 7.04. The van der Waals surface area contributed by atoms with Gasteiger partial charge in [0.25, 0.3) is 5.91 Å². The van der Waals surface area contributed by atoms with Gasteiger partial charge in [-0.3, -0.25) is 15.2 Å². The molecule has 0 atom stereocenters. The number of rotatable bonds is 4. The first-order chi connectivity index (χ1) is 10.8. The molecule has 2 N–H and O–H groups in total. The first-order valence-electron chi connectivity index (χ1n) is 7.04. The van der Waals surface area contributed by atoms with Crippen LogP contribution >= 0.6 is 0 Å². The van der Waals surface area contributed by atoms with Crippen molar-refractivity contribution in [3.8, 4) is 11.5 Å². The predicted octanol–water partition coefficient (Wildman–Crippen LogP) is 2.57. The molecule has 112 valence electrons. The van der Waals surface area contributed by atoms with Crippen LogP contribution in [0.1, 0.15) is 41.5 Å². The normalized spacial score (nSPS) is 14.7. The van der Waals surface area contributed by atoms with Gasteiger partial charge in [0.1, 0.15) is 5.82 Å². The molecular formula is C14H13N5O3. The summed E-state index contributed by atoms with van der Waals surface area (Å²) in [6.45, 7) is 0. The average Bonchev–Trinajstić information content (AvgIpc) is 3.18. The van der Waals surface area contributed by atoms with E-state index in [4.69, 9.17) is 8.94 Å². The first kappa shape index (κ1) is 12.8. The molecule has 0 unspecified atom stereocenters. The van der Waals surface area contributed by atoms with Gasteiger partial charge in [-0.1, -0.05) is 11.6 Å². The molecule has 0 radical (unpaired) electrons. The summed E-state index contributed by atoms with van der Waals surface area (Å²) in [5.74, 6) is 1.96. The molecule has 0 aliphatic heterocycles. The lowest BCUT2D eigenvalue weighted by atomic mass is 9.85. The summed E-state index contributed by atoms with van der Waals surface area (Å²) in [6.07, 6.45) is 4.95. The van der Waals surface area contributed by atoms with Gasteiger partial charge in [-0.05, 0) is 25.0 Å². The summed E-state index contributed by atoms with van der Waals surface area (Å²) in [7, 11) is 0. The number of H-pyrrole nitrogens is 1. The zero-order valence-corrected chi connectivity index (χ0v) is 11.6. The molecular weight excluding hydrogens is 286 g/mol. The average molecular weight is 299 g/mol. The third-order valence-electron chi connectivity index (χ3n) is 3.73. The van der Waals surface area contributed by atoms with Crippen molar-refractivity contribution in [3.63, 3.8) is 0 Å². The van der Waals surface area contributed by atoms with E-state index in [1.165, 1.54) is 18.8 Å². The Bertz CT molecular complexity index is 785. The topological polar surface area (TPSA) is 110 Å². The maximum Gasteiger partial charge on any atom is 0.280 e. The lowest BCUT2D eigenvalue weighted by molar-refractivity contribution is 0.101. The molecule has 3 aromatic heterocycles. The van der Waals surface area contributed by atoms with Crippen LogP contribution in [0.4, 0.5) is 5.95 Å². The summed E-state index contributed by atoms with van der Waals surface area (Å²) in [5, 5.41) is 13.2. The van der Waals surface area contributed by atoms with Crippen molar-refractivity contribution in [2.75, 3.05) is 5.32 Å². The van der Waals surface area contributed by atoms with E-state index in [1.54, 1.807) is 12.1 Å². The minimum atomic E-state index is -0.430. The third kappa shape index (κ3) is 2.28. The number of anilines is 1. The number of aromatic nitrogens is 4. The number of furan rings is 1. The van der Waals surface area contributed by atoms with Crippen molar-refractivity contribution in [2.45, 2.75) is 25.2 Å². The maximum absolute atomic E-state index is 12.1. The number of hydrogen-bond donors (Lipinski definition) is 2. The Labute approximate surface area is 124 Å². The smallest absolute Gasteiger partial charge is 0.280 e. The number of amides is 1. The molecule has 22 heavy (non-hydrogen) atoms. The number of carbonyl (C=O) groups is 1. The van der Waals surface area contributed by atoms with E-state index in [1.807, 2.05) is 0 Å². The quantitative estimate of drug-likeness (QED) is 0.766. The highest BCUT2D eigenvalue weighted by molar-refractivity contribution is 6.02. The molecule has 1 saturated carbocycles. The van der Waals surface area contributed by atoms with Crippen LogP contribution < -0.4 is 5.32 Å². The van der Waals surface area contributed by atoms with Crippen molar-refractivity contribution in [1.82, 2.24) is 20.3 Å². The highest BCUT2D eigenvalue weighted by Crippen LogP contribution is 2.34. The van der Waals surface area contributed by atoms with E-state index in [9.17, 15) is 4.79 Å². The molecule has 1 aliphatic rings. The summed E-state index contributed by atoms with van der Waals surface area (Å²) in [6, 6.07) is 4.96. The predicted molar refractivity (Wildman–Crippen MR) is 75.1 cm³/mol. The maximum atomic E-state index is 12.1. The van der Waals surface area contributed by atoms with Crippen LogP contribution in [0.3, 0.4) is 0 Å². The molecule has 1 amide bonds. The Balaban J connectivity index is 1.46. The van der Waals surface area contributed by atoms with E-state index in [-0.39, 0.29) is 11.6 Å². The van der Waals surface area contributed by atoms with Crippen LogP contribution in [0, 0.1) is 0 Å². The van der Waals surface area contributed by atoms with Gasteiger partial charge in [0.05, 0.1) is 6.26 Å². The number of aromatic amines is 1. The van der Waals surface area contributed by atoms with Crippen LogP contribution in [0.2, 0.25) is 0 Å². The minimum absolute atomic E-state index is 0.140. The molecule has 3 aromatic rings. The molecule has 1 fully saturated rings. The second-order valence-corrected chi connectivity index (χ2v) is 5.18. The van der Waals surface area contributed by atoms with E-state index in [0.717, 1.165) is 18.7 Å². The summed E-state index contributed by atoms with van der Waals surface area (Å²) in [4.78, 5) is 16.4. The van der Waals surface area contributed by atoms with Gasteiger partial charge in [-0.25, -0.2) is 0 Å². The number of nitrogens with zero attached hydrogens (tertiary/aromatic N) is 3. The highest BCUT2D eigenvalue weighted by atomic mass is 16.5. The fraction of sp³-hybridized carbons (Fsp3) is 0.286. The molecule has 8 heteroatoms. The highest BCUT2D eigenvalue weighted by Gasteiger charge is 2.24. The Morgan fingerprint density at radius 2 is 2.27 bits per heavy atom. The van der Waals surface area contributed by atoms with Crippen molar-refractivity contribution in [2.24, 2.45) is 0 Å². The number of nitrogens with one attached hydrogen (secondary N) is 2. The minimum Gasteiger partial charge on any atom is -0.461 e. The second-order valence-electron chi connectivity index (χ2n) is 5.18. The number of hydrogen-bond acceptors (Lipinski definition) is 6. The Morgan fingerprint density at radius 1 is 1.36 bits per heavy atom. The Hall–Kier alpha value is -2.90. The van der Waals surface area contributed by atoms with Gasteiger partial charge in [0.15, 0.2) is 11.5 Å². The van der Waals surface area contributed by atoms with E-state index in [0.29, 0.717) is 17.4 Å². The summed E-state index contributed by atoms with van der Waals surface area (Å²) < 4.78 is 10.3. The molecule has 3 heterocycles. The lowest BCUT2D eigenvalue weighted by Gasteiger charge is -2.22. The van der Waals surface area contributed by atoms with Gasteiger partial charge in [0, 0.05) is 12.0 Å². The summed E-state index contributed by atoms with van der Waals surface area (Å²) >= 11 is 0. The Kier molecular flexibility index (Phi) is 2.99. The van der Waals surface area contributed by atoms with E-state index < -0.39 is 5.91 Å². The molecule has 1 aliphatic carbocycles. The molecule has 0 spiro atoms. The van der Waals surface area contributed by atoms with Gasteiger partial charge >= 0.3 is 0 Å². The fourth-order valence-electron chi connectivity index (χ4n) is 2.28. The zero-order chi connectivity index (χ0) is 14.9. The van der Waals surface area contributed by atoms with Crippen LogP contribution in [-0.4, -0.2) is 26.2 Å². The standard InChI is InChI=1S/C14H13N5O3/c20-13(9-7-11(22-19-9)10-5-2-6-21-10)16-14-15-12(17-18-14)8-3-1-4-8/h2,5-8H,1,3-4H2,(H2,15,16,17,18,20). The zero-order valence-electron chi connectivity index (χ0n) is 11.6. The molecule has 4 rings (SSSR count). The van der Waals surface area contributed by atoms with Crippen LogP contribution in [0.15, 0.2) is 33.4 Å². The van der Waals surface area contributed by atoms with Gasteiger partial charge < -0.3 is 8.94 Å². The van der Waals surface area contributed by atoms with Crippen molar-refractivity contribution in [3.05, 3.63) is 36.0 Å². The van der Waals surface area contributed by atoms with Crippen molar-refractivity contribution >= 4 is 11.9 Å². The van der Waals surface area contributed by atoms with Crippen LogP contribution in [0.5, 0.6) is 0 Å². The molecule has 0 saturated heterocycles. The lowest BCUT2D eigenvalue weighted by Crippen LogP contribution is -2.14. The van der Waals surface area contributed by atoms with Gasteiger partial charge in [-0.15, -0.1) is 5.10 Å². The van der Waals surface area contributed by atoms with Gasteiger partial charge in [-0.2, -0.15) is 4.98 Å². The fourth-order valence-corrected chi connectivity index (χ4v) is 2.28. The van der Waals surface area contributed by atoms with Crippen molar-refractivity contribution in [1.29, 1.82) is 0 Å². The van der Waals surface area contributed by atoms with E-state index in [2.05, 4.69) is 25.7 Å². The van der Waals surface area contributed by atoms with E-state index >= 15 is 0 Å². The van der Waals surface area contributed by atoms with Crippen molar-refractivity contribution < 1.29 is 13.7 Å². The third-order valence-corrected chi connectivity index (χ3v) is 3.73. The largest absolute Gasteiger partial charge is 0.461 e. The molecule has 0 bridgehead atoms. The number of carbonyl (C=O) groups excluding carboxylic acids is 1. The Morgan fingerprint density at radius 3 is 3.00 bits per heavy atom. The SMILES string of the molecule is O=C(Nc1n[nH]c(C2CCC2)n1)c1cc(-c2ccco2)on1. The summed E-state index contributed by atoms with van der Waals surface area (Å²) in [5.41, 5.74) is 0.140.